The van der Waals surface area contributed by atoms with E-state index in [4.69, 9.17) is 0 Å². The standard InChI is InChI=1S/C23H44/c1-5-8-10-12-14-15-17-19-21-23(22(4)7-3)20-18-16-13-11-9-6-2/h22-23H,5-11,13,15-21H2,1-4H3. The molecule has 0 radical (unpaired) electrons. The van der Waals surface area contributed by atoms with E-state index < -0.39 is 0 Å². The topological polar surface area (TPSA) is 0 Å². The minimum Gasteiger partial charge on any atom is -0.103 e. The van der Waals surface area contributed by atoms with Crippen LogP contribution in [0.1, 0.15) is 124 Å². The van der Waals surface area contributed by atoms with Gasteiger partial charge in [-0.2, -0.15) is 0 Å². The highest BCUT2D eigenvalue weighted by atomic mass is 14.2. The van der Waals surface area contributed by atoms with E-state index in [1.54, 1.807) is 0 Å². The molecule has 0 heterocycles. The van der Waals surface area contributed by atoms with Gasteiger partial charge in [0.25, 0.3) is 0 Å². The third-order valence-electron chi connectivity index (χ3n) is 5.28. The molecule has 23 heavy (non-hydrogen) atoms. The van der Waals surface area contributed by atoms with Crippen LogP contribution in [-0.2, 0) is 0 Å². The molecule has 0 spiro atoms. The molecule has 136 valence electrons. The SMILES string of the molecule is CCCCC#CCCCCC(CCCCCCCC)C(C)CC. The molecule has 0 amide bonds. The van der Waals surface area contributed by atoms with Crippen molar-refractivity contribution >= 4 is 0 Å². The molecule has 0 bridgehead atoms. The number of rotatable bonds is 15. The van der Waals surface area contributed by atoms with Gasteiger partial charge in [-0.25, -0.2) is 0 Å². The third-order valence-corrected chi connectivity index (χ3v) is 5.28. The van der Waals surface area contributed by atoms with Gasteiger partial charge in [0.15, 0.2) is 0 Å². The van der Waals surface area contributed by atoms with E-state index in [0.717, 1.165) is 24.7 Å². The largest absolute Gasteiger partial charge is 0.103 e. The molecule has 0 nitrogen and oxygen atoms in total. The normalized spacial score (nSPS) is 13.4. The maximum absolute atomic E-state index is 3.36. The van der Waals surface area contributed by atoms with Gasteiger partial charge in [0.1, 0.15) is 0 Å². The molecule has 0 heteroatoms. The molecule has 0 N–H and O–H groups in total. The first-order valence-electron chi connectivity index (χ1n) is 10.7. The molecule has 0 aliphatic rings. The van der Waals surface area contributed by atoms with Gasteiger partial charge in [0.2, 0.25) is 0 Å². The molecule has 0 saturated heterocycles. The average Bonchev–Trinajstić information content (AvgIpc) is 2.57. The molecule has 2 atom stereocenters. The number of hydrogen-bond donors (Lipinski definition) is 0. The predicted octanol–water partition coefficient (Wildman–Crippen LogP) is 8.15. The maximum Gasteiger partial charge on any atom is 0.00886 e. The summed E-state index contributed by atoms with van der Waals surface area (Å²) >= 11 is 0. The summed E-state index contributed by atoms with van der Waals surface area (Å²) in [6, 6.07) is 0. The summed E-state index contributed by atoms with van der Waals surface area (Å²) in [4.78, 5) is 0. The van der Waals surface area contributed by atoms with Crippen molar-refractivity contribution in [3.8, 4) is 11.8 Å². The minimum absolute atomic E-state index is 0.904. The summed E-state index contributed by atoms with van der Waals surface area (Å²) in [6.45, 7) is 9.36. The van der Waals surface area contributed by atoms with Gasteiger partial charge in [-0.3, -0.25) is 0 Å². The van der Waals surface area contributed by atoms with Gasteiger partial charge >= 0.3 is 0 Å². The molecule has 0 aromatic heterocycles. The summed E-state index contributed by atoms with van der Waals surface area (Å²) in [5.41, 5.74) is 0. The van der Waals surface area contributed by atoms with Crippen LogP contribution in [0.4, 0.5) is 0 Å². The second kappa shape index (κ2) is 17.9. The van der Waals surface area contributed by atoms with Gasteiger partial charge in [0, 0.05) is 12.8 Å². The minimum atomic E-state index is 0.904. The third kappa shape index (κ3) is 14.9. The van der Waals surface area contributed by atoms with E-state index in [2.05, 4.69) is 39.5 Å². The Kier molecular flexibility index (Phi) is 17.6. The average molecular weight is 321 g/mol. The second-order valence-electron chi connectivity index (χ2n) is 7.40. The van der Waals surface area contributed by atoms with E-state index in [0.29, 0.717) is 0 Å². The van der Waals surface area contributed by atoms with Crippen molar-refractivity contribution in [3.05, 3.63) is 0 Å². The fourth-order valence-electron chi connectivity index (χ4n) is 3.30. The zero-order valence-electron chi connectivity index (χ0n) is 16.8. The van der Waals surface area contributed by atoms with Crippen LogP contribution in [0.15, 0.2) is 0 Å². The van der Waals surface area contributed by atoms with Gasteiger partial charge in [-0.05, 0) is 24.7 Å². The van der Waals surface area contributed by atoms with Crippen molar-refractivity contribution < 1.29 is 0 Å². The first kappa shape index (κ1) is 22.6. The second-order valence-corrected chi connectivity index (χ2v) is 7.40. The van der Waals surface area contributed by atoms with E-state index in [1.807, 2.05) is 0 Å². The summed E-state index contributed by atoms with van der Waals surface area (Å²) in [6.07, 6.45) is 20.3. The molecular weight excluding hydrogens is 276 g/mol. The first-order chi connectivity index (χ1) is 11.3. The molecule has 0 aromatic carbocycles. The van der Waals surface area contributed by atoms with Crippen LogP contribution in [0.5, 0.6) is 0 Å². The lowest BCUT2D eigenvalue weighted by molar-refractivity contribution is 0.289. The Morgan fingerprint density at radius 1 is 0.609 bits per heavy atom. The fraction of sp³-hybridized carbons (Fsp3) is 0.913. The van der Waals surface area contributed by atoms with Crippen LogP contribution in [0, 0.1) is 23.7 Å². The zero-order valence-corrected chi connectivity index (χ0v) is 16.8. The van der Waals surface area contributed by atoms with E-state index in [9.17, 15) is 0 Å². The van der Waals surface area contributed by atoms with Gasteiger partial charge in [-0.15, -0.1) is 11.8 Å². The highest BCUT2D eigenvalue weighted by molar-refractivity contribution is 4.98. The molecule has 0 aliphatic carbocycles. The van der Waals surface area contributed by atoms with Crippen LogP contribution in [0.3, 0.4) is 0 Å². The smallest absolute Gasteiger partial charge is 0.00886 e. The van der Waals surface area contributed by atoms with Crippen LogP contribution in [0.2, 0.25) is 0 Å². The van der Waals surface area contributed by atoms with Crippen molar-refractivity contribution in [3.63, 3.8) is 0 Å². The molecule has 0 rings (SSSR count). The highest BCUT2D eigenvalue weighted by Crippen LogP contribution is 2.27. The van der Waals surface area contributed by atoms with Gasteiger partial charge in [-0.1, -0.05) is 98.3 Å². The van der Waals surface area contributed by atoms with E-state index in [1.165, 1.54) is 83.5 Å². The molecular formula is C23H44. The zero-order chi connectivity index (χ0) is 17.2. The lowest BCUT2D eigenvalue weighted by Gasteiger charge is -2.23. The molecule has 0 fully saturated rings. The van der Waals surface area contributed by atoms with Crippen LogP contribution < -0.4 is 0 Å². The van der Waals surface area contributed by atoms with Crippen LogP contribution in [-0.4, -0.2) is 0 Å². The van der Waals surface area contributed by atoms with Crippen LogP contribution >= 0.6 is 0 Å². The molecule has 0 aromatic rings. The summed E-state index contributed by atoms with van der Waals surface area (Å²) in [5.74, 6) is 8.54. The van der Waals surface area contributed by atoms with Crippen molar-refractivity contribution in [2.75, 3.05) is 0 Å². The fourth-order valence-corrected chi connectivity index (χ4v) is 3.30. The number of unbranched alkanes of at least 4 members (excludes halogenated alkanes) is 9. The Balaban J connectivity index is 3.76. The van der Waals surface area contributed by atoms with Gasteiger partial charge in [0.05, 0.1) is 0 Å². The Bertz CT molecular complexity index is 280. The Hall–Kier alpha value is -0.440. The first-order valence-corrected chi connectivity index (χ1v) is 10.7. The predicted molar refractivity (Wildman–Crippen MR) is 107 cm³/mol. The summed E-state index contributed by atoms with van der Waals surface area (Å²) in [5, 5.41) is 0. The summed E-state index contributed by atoms with van der Waals surface area (Å²) in [7, 11) is 0. The van der Waals surface area contributed by atoms with Gasteiger partial charge < -0.3 is 0 Å². The van der Waals surface area contributed by atoms with Crippen molar-refractivity contribution in [1.29, 1.82) is 0 Å². The quantitative estimate of drug-likeness (QED) is 0.211. The highest BCUT2D eigenvalue weighted by Gasteiger charge is 2.14. The maximum atomic E-state index is 3.36. The van der Waals surface area contributed by atoms with E-state index in [-0.39, 0.29) is 0 Å². The number of hydrogen-bond acceptors (Lipinski definition) is 0. The van der Waals surface area contributed by atoms with E-state index >= 15 is 0 Å². The molecule has 0 aliphatic heterocycles. The molecule has 2 unspecified atom stereocenters. The van der Waals surface area contributed by atoms with Crippen molar-refractivity contribution in [1.82, 2.24) is 0 Å². The summed E-state index contributed by atoms with van der Waals surface area (Å²) < 4.78 is 0. The molecule has 0 saturated carbocycles. The Morgan fingerprint density at radius 3 is 1.74 bits per heavy atom. The lowest BCUT2D eigenvalue weighted by Crippen LogP contribution is -2.11. The monoisotopic (exact) mass is 320 g/mol. The lowest BCUT2D eigenvalue weighted by atomic mass is 9.83. The Morgan fingerprint density at radius 2 is 1.13 bits per heavy atom. The van der Waals surface area contributed by atoms with Crippen LogP contribution in [0.25, 0.3) is 0 Å². The Labute approximate surface area is 148 Å². The van der Waals surface area contributed by atoms with Crippen molar-refractivity contribution in [2.45, 2.75) is 124 Å². The van der Waals surface area contributed by atoms with Crippen molar-refractivity contribution in [2.24, 2.45) is 11.8 Å².